The first-order valence-electron chi connectivity index (χ1n) is 11.5. The molecule has 4 N–H and O–H groups in total. The highest BCUT2D eigenvalue weighted by molar-refractivity contribution is 6.06. The maximum atomic E-state index is 13.2. The monoisotopic (exact) mass is 514 g/mol. The Morgan fingerprint density at radius 1 is 1.31 bits per heavy atom. The van der Waals surface area contributed by atoms with E-state index < -0.39 is 29.7 Å². The van der Waals surface area contributed by atoms with Crippen molar-refractivity contribution in [3.63, 3.8) is 0 Å². The topological polar surface area (TPSA) is 116 Å². The quantitative estimate of drug-likeness (QED) is 0.455. The number of hydrogen-bond acceptors (Lipinski definition) is 7. The molecule has 3 aliphatic rings. The molecule has 1 saturated heterocycles. The highest BCUT2D eigenvalue weighted by Gasteiger charge is 2.38. The van der Waals surface area contributed by atoms with Gasteiger partial charge in [-0.15, -0.1) is 0 Å². The van der Waals surface area contributed by atoms with Crippen LogP contribution < -0.4 is 21.4 Å². The summed E-state index contributed by atoms with van der Waals surface area (Å²) in [5, 5.41) is 13.8. The molecule has 0 radical (unpaired) electrons. The van der Waals surface area contributed by atoms with Crippen LogP contribution in [0.4, 0.5) is 23.2 Å². The summed E-state index contributed by atoms with van der Waals surface area (Å²) < 4.78 is 52.0. The Balaban J connectivity index is 0.000000538. The molecule has 1 aromatic rings. The SMILES string of the molecule is CC(=O)C(C)F.Cn1cc(NC(=O)C2=C3NC(=NC4CCCCNC4)C=CN3NC2)c(C(F)(F)F)n1. The van der Waals surface area contributed by atoms with Gasteiger partial charge in [0.1, 0.15) is 11.7 Å². The summed E-state index contributed by atoms with van der Waals surface area (Å²) in [4.78, 5) is 27.2. The lowest BCUT2D eigenvalue weighted by molar-refractivity contribution is -0.140. The summed E-state index contributed by atoms with van der Waals surface area (Å²) in [5.74, 6) is 0.0147. The average Bonchev–Trinajstić information content (AvgIpc) is 3.29. The van der Waals surface area contributed by atoms with Crippen LogP contribution >= 0.6 is 0 Å². The molecule has 0 aromatic carbocycles. The Kier molecular flexibility index (Phi) is 8.84. The highest BCUT2D eigenvalue weighted by atomic mass is 19.4. The van der Waals surface area contributed by atoms with Gasteiger partial charge in [-0.2, -0.15) is 18.3 Å². The van der Waals surface area contributed by atoms with Crippen molar-refractivity contribution in [2.45, 2.75) is 51.5 Å². The Bertz CT molecular complexity index is 1050. The van der Waals surface area contributed by atoms with E-state index in [0.717, 1.165) is 43.2 Å². The van der Waals surface area contributed by atoms with Crippen LogP contribution in [0.2, 0.25) is 0 Å². The third-order valence-electron chi connectivity index (χ3n) is 5.60. The minimum Gasteiger partial charge on any atom is -0.325 e. The number of nitrogens with zero attached hydrogens (tertiary/aromatic N) is 4. The number of halogens is 4. The van der Waals surface area contributed by atoms with E-state index in [0.29, 0.717) is 11.7 Å². The van der Waals surface area contributed by atoms with Crippen LogP contribution in [0.15, 0.2) is 34.9 Å². The fourth-order valence-corrected chi connectivity index (χ4v) is 3.60. The lowest BCUT2D eigenvalue weighted by Crippen LogP contribution is -2.39. The number of aliphatic imine (C=N–C) groups is 1. The lowest BCUT2D eigenvalue weighted by atomic mass is 10.1. The van der Waals surface area contributed by atoms with Gasteiger partial charge in [0.25, 0.3) is 5.91 Å². The third-order valence-corrected chi connectivity index (χ3v) is 5.60. The van der Waals surface area contributed by atoms with Crippen LogP contribution in [0.25, 0.3) is 0 Å². The smallest absolute Gasteiger partial charge is 0.325 e. The van der Waals surface area contributed by atoms with E-state index in [1.807, 2.05) is 0 Å². The van der Waals surface area contributed by atoms with E-state index in [4.69, 9.17) is 4.99 Å². The minimum atomic E-state index is -4.67. The Morgan fingerprint density at radius 3 is 2.69 bits per heavy atom. The summed E-state index contributed by atoms with van der Waals surface area (Å²) in [5.41, 5.74) is 1.76. The molecule has 36 heavy (non-hydrogen) atoms. The maximum Gasteiger partial charge on any atom is 0.437 e. The normalized spacial score (nSPS) is 21.8. The molecule has 3 aliphatic heterocycles. The van der Waals surface area contributed by atoms with Crippen LogP contribution in [0.3, 0.4) is 0 Å². The Labute approximate surface area is 205 Å². The summed E-state index contributed by atoms with van der Waals surface area (Å²) in [6.45, 7) is 4.38. The van der Waals surface area contributed by atoms with Crippen molar-refractivity contribution in [2.24, 2.45) is 12.0 Å². The summed E-state index contributed by atoms with van der Waals surface area (Å²) in [6.07, 6.45) is 1.89. The lowest BCUT2D eigenvalue weighted by Gasteiger charge is -2.24. The number of hydrogen-bond donors (Lipinski definition) is 4. The van der Waals surface area contributed by atoms with Gasteiger partial charge in [0, 0.05) is 32.5 Å². The number of rotatable bonds is 4. The first-order chi connectivity index (χ1) is 17.0. The van der Waals surface area contributed by atoms with Gasteiger partial charge in [0.15, 0.2) is 17.6 Å². The van der Waals surface area contributed by atoms with Crippen molar-refractivity contribution in [2.75, 3.05) is 25.0 Å². The number of nitrogens with one attached hydrogen (secondary N) is 4. The molecule has 10 nitrogen and oxygen atoms in total. The number of amidine groups is 1. The molecule has 14 heteroatoms. The van der Waals surface area contributed by atoms with Crippen molar-refractivity contribution in [1.82, 2.24) is 30.8 Å². The maximum absolute atomic E-state index is 13.2. The van der Waals surface area contributed by atoms with Crippen molar-refractivity contribution in [3.05, 3.63) is 35.6 Å². The first kappa shape index (κ1) is 27.3. The molecule has 0 saturated carbocycles. The molecule has 2 atom stereocenters. The first-order valence-corrected chi connectivity index (χ1v) is 11.5. The fraction of sp³-hybridized carbons (Fsp3) is 0.545. The third kappa shape index (κ3) is 7.13. The van der Waals surface area contributed by atoms with Gasteiger partial charge in [0.2, 0.25) is 0 Å². The molecule has 1 aromatic heterocycles. The van der Waals surface area contributed by atoms with Gasteiger partial charge in [-0.25, -0.2) is 9.82 Å². The fourth-order valence-electron chi connectivity index (χ4n) is 3.60. The number of fused-ring (bicyclic) bond motifs is 1. The molecule has 2 unspecified atom stereocenters. The Hall–Kier alpha value is -3.26. The number of aromatic nitrogens is 2. The molecule has 0 aliphatic carbocycles. The molecule has 4 heterocycles. The summed E-state index contributed by atoms with van der Waals surface area (Å²) >= 11 is 0. The van der Waals surface area contributed by atoms with Crippen molar-refractivity contribution >= 4 is 23.2 Å². The second-order valence-electron chi connectivity index (χ2n) is 8.58. The number of Topliss-reactive ketones (excluding diaryl/α,β-unsaturated/α-hetero) is 1. The second kappa shape index (κ2) is 11.6. The van der Waals surface area contributed by atoms with E-state index in [-0.39, 0.29) is 23.8 Å². The molecule has 0 bridgehead atoms. The molecule has 198 valence electrons. The van der Waals surface area contributed by atoms with E-state index in [1.165, 1.54) is 20.9 Å². The van der Waals surface area contributed by atoms with Crippen LogP contribution in [0, 0.1) is 0 Å². The van der Waals surface area contributed by atoms with Gasteiger partial charge in [-0.05, 0) is 39.3 Å². The molecule has 1 fully saturated rings. The van der Waals surface area contributed by atoms with Crippen molar-refractivity contribution in [1.29, 1.82) is 0 Å². The molecule has 4 rings (SSSR count). The van der Waals surface area contributed by atoms with Gasteiger partial charge in [-0.1, -0.05) is 6.42 Å². The molecule has 0 spiro atoms. The number of aryl methyl sites for hydroxylation is 1. The van der Waals surface area contributed by atoms with Gasteiger partial charge in [0.05, 0.1) is 17.3 Å². The zero-order chi connectivity index (χ0) is 26.5. The van der Waals surface area contributed by atoms with E-state index >= 15 is 0 Å². The number of carbonyl (C=O) groups is 2. The van der Waals surface area contributed by atoms with Crippen LogP contribution in [-0.4, -0.2) is 64.2 Å². The summed E-state index contributed by atoms with van der Waals surface area (Å²) in [6, 6.07) is 0.128. The Morgan fingerprint density at radius 2 is 2.03 bits per heavy atom. The predicted molar refractivity (Wildman–Crippen MR) is 125 cm³/mol. The van der Waals surface area contributed by atoms with Crippen molar-refractivity contribution < 1.29 is 27.2 Å². The van der Waals surface area contributed by atoms with Crippen LogP contribution in [-0.2, 0) is 22.8 Å². The second-order valence-corrected chi connectivity index (χ2v) is 8.58. The number of carbonyl (C=O) groups excluding carboxylic acids is 2. The number of anilines is 1. The molecular formula is C22H30F4N8O2. The van der Waals surface area contributed by atoms with Crippen molar-refractivity contribution in [3.8, 4) is 0 Å². The van der Waals surface area contributed by atoms with Gasteiger partial charge < -0.3 is 16.0 Å². The van der Waals surface area contributed by atoms with E-state index in [1.54, 1.807) is 17.3 Å². The van der Waals surface area contributed by atoms with Crippen LogP contribution in [0.5, 0.6) is 0 Å². The predicted octanol–water partition coefficient (Wildman–Crippen LogP) is 2.00. The number of ketones is 1. The largest absolute Gasteiger partial charge is 0.437 e. The van der Waals surface area contributed by atoms with E-state index in [9.17, 15) is 27.2 Å². The van der Waals surface area contributed by atoms with Gasteiger partial charge in [-0.3, -0.25) is 24.3 Å². The van der Waals surface area contributed by atoms with E-state index in [2.05, 4.69) is 26.5 Å². The van der Waals surface area contributed by atoms with Gasteiger partial charge >= 0.3 is 6.18 Å². The number of amides is 1. The molecular weight excluding hydrogens is 484 g/mol. The average molecular weight is 515 g/mol. The summed E-state index contributed by atoms with van der Waals surface area (Å²) in [7, 11) is 1.37. The number of hydrazine groups is 1. The standard InChI is InChI=1S/C18H23F3N8O.C4H7FO/c1-28-10-13(15(27-28)18(19,20)21)25-17(30)12-9-23-29-7-5-14(26-16(12)29)24-11-4-2-3-6-22-8-11;1-3(5)4(2)6/h5,7,10-11,22-23H,2-4,6,8-9H2,1H3,(H,24,26)(H,25,30);3H,1-2H3. The zero-order valence-electron chi connectivity index (χ0n) is 20.2. The minimum absolute atomic E-state index is 0.128. The highest BCUT2D eigenvalue weighted by Crippen LogP contribution is 2.33. The molecule has 1 amide bonds. The zero-order valence-corrected chi connectivity index (χ0v) is 20.2. The van der Waals surface area contributed by atoms with Crippen LogP contribution in [0.1, 0.15) is 38.8 Å². The number of alkyl halides is 4.